The summed E-state index contributed by atoms with van der Waals surface area (Å²) in [6.07, 6.45) is 2.91. The molecule has 1 aliphatic carbocycles. The zero-order chi connectivity index (χ0) is 9.97. The molecule has 2 atom stereocenters. The second-order valence-electron chi connectivity index (χ2n) is 4.33. The van der Waals surface area contributed by atoms with E-state index in [4.69, 9.17) is 10.6 Å². The highest BCUT2D eigenvalue weighted by molar-refractivity contribution is 4.92. The molecule has 2 fully saturated rings. The molecular formula is C10H21N3O. The molecule has 1 heterocycles. The number of ether oxygens (including phenoxy) is 1. The Morgan fingerprint density at radius 3 is 2.93 bits per heavy atom. The van der Waals surface area contributed by atoms with E-state index in [1.165, 1.54) is 12.8 Å². The van der Waals surface area contributed by atoms with Crippen molar-refractivity contribution >= 4 is 0 Å². The van der Waals surface area contributed by atoms with Gasteiger partial charge in [0, 0.05) is 13.1 Å². The lowest BCUT2D eigenvalue weighted by molar-refractivity contribution is -0.0486. The number of morpholine rings is 1. The molecule has 1 aliphatic heterocycles. The molecule has 0 radical (unpaired) electrons. The van der Waals surface area contributed by atoms with Crippen LogP contribution in [0.1, 0.15) is 19.8 Å². The van der Waals surface area contributed by atoms with Crippen LogP contribution in [0, 0.1) is 5.92 Å². The highest BCUT2D eigenvalue weighted by atomic mass is 16.5. The minimum absolute atomic E-state index is 0.293. The Morgan fingerprint density at radius 1 is 1.57 bits per heavy atom. The first-order valence-corrected chi connectivity index (χ1v) is 5.65. The Hall–Kier alpha value is -0.160. The monoisotopic (exact) mass is 199 g/mol. The average Bonchev–Trinajstić information content (AvgIpc) is 3.04. The molecule has 0 spiro atoms. The van der Waals surface area contributed by atoms with Gasteiger partial charge < -0.3 is 4.74 Å². The van der Waals surface area contributed by atoms with Crippen LogP contribution in [0.5, 0.6) is 0 Å². The predicted octanol–water partition coefficient (Wildman–Crippen LogP) is -0.0510. The summed E-state index contributed by atoms with van der Waals surface area (Å²) in [5.41, 5.74) is 2.93. The SMILES string of the molecule is CCN1CCOC(C(NN)C2CC2)C1. The Labute approximate surface area is 85.7 Å². The highest BCUT2D eigenvalue weighted by Gasteiger charge is 2.38. The van der Waals surface area contributed by atoms with Crippen molar-refractivity contribution in [3.05, 3.63) is 0 Å². The second kappa shape index (κ2) is 4.57. The van der Waals surface area contributed by atoms with Crippen LogP contribution in [-0.4, -0.2) is 43.3 Å². The third kappa shape index (κ3) is 2.25. The maximum atomic E-state index is 5.78. The van der Waals surface area contributed by atoms with Crippen molar-refractivity contribution in [1.29, 1.82) is 0 Å². The molecule has 14 heavy (non-hydrogen) atoms. The molecule has 0 aromatic heterocycles. The maximum absolute atomic E-state index is 5.78. The van der Waals surface area contributed by atoms with Crippen LogP contribution in [0.4, 0.5) is 0 Å². The lowest BCUT2D eigenvalue weighted by Crippen LogP contribution is -2.54. The number of rotatable bonds is 4. The van der Waals surface area contributed by atoms with E-state index in [0.29, 0.717) is 12.1 Å². The van der Waals surface area contributed by atoms with E-state index in [0.717, 1.165) is 32.2 Å². The topological polar surface area (TPSA) is 50.5 Å². The molecule has 82 valence electrons. The Balaban J connectivity index is 1.87. The standard InChI is InChI=1S/C10H21N3O/c1-2-13-5-6-14-9(7-13)10(12-11)8-3-4-8/h8-10,12H,2-7,11H2,1H3. The molecule has 2 unspecified atom stereocenters. The maximum Gasteiger partial charge on any atom is 0.0871 e. The van der Waals surface area contributed by atoms with Crippen LogP contribution in [0.2, 0.25) is 0 Å². The van der Waals surface area contributed by atoms with E-state index in [1.54, 1.807) is 0 Å². The fourth-order valence-electron chi connectivity index (χ4n) is 2.24. The van der Waals surface area contributed by atoms with E-state index in [9.17, 15) is 0 Å². The molecule has 2 rings (SSSR count). The largest absolute Gasteiger partial charge is 0.374 e. The quantitative estimate of drug-likeness (QED) is 0.492. The second-order valence-corrected chi connectivity index (χ2v) is 4.33. The van der Waals surface area contributed by atoms with Crippen molar-refractivity contribution < 1.29 is 4.74 Å². The summed E-state index contributed by atoms with van der Waals surface area (Å²) >= 11 is 0. The van der Waals surface area contributed by atoms with Crippen LogP contribution in [-0.2, 0) is 4.74 Å². The van der Waals surface area contributed by atoms with E-state index < -0.39 is 0 Å². The van der Waals surface area contributed by atoms with E-state index in [2.05, 4.69) is 17.2 Å². The third-order valence-corrected chi connectivity index (χ3v) is 3.35. The van der Waals surface area contributed by atoms with E-state index >= 15 is 0 Å². The minimum Gasteiger partial charge on any atom is -0.374 e. The van der Waals surface area contributed by atoms with Crippen LogP contribution in [0.25, 0.3) is 0 Å². The van der Waals surface area contributed by atoms with Gasteiger partial charge in [0.15, 0.2) is 0 Å². The van der Waals surface area contributed by atoms with Crippen molar-refractivity contribution in [2.75, 3.05) is 26.2 Å². The molecule has 0 bridgehead atoms. The lowest BCUT2D eigenvalue weighted by Gasteiger charge is -2.36. The first-order valence-electron chi connectivity index (χ1n) is 5.65. The van der Waals surface area contributed by atoms with Crippen molar-refractivity contribution in [3.8, 4) is 0 Å². The fraction of sp³-hybridized carbons (Fsp3) is 1.00. The molecule has 3 N–H and O–H groups in total. The van der Waals surface area contributed by atoms with E-state index in [1.807, 2.05) is 0 Å². The van der Waals surface area contributed by atoms with Crippen molar-refractivity contribution in [3.63, 3.8) is 0 Å². The summed E-state index contributed by atoms with van der Waals surface area (Å²) in [5.74, 6) is 6.33. The van der Waals surface area contributed by atoms with Crippen molar-refractivity contribution in [2.24, 2.45) is 11.8 Å². The number of nitrogens with zero attached hydrogens (tertiary/aromatic N) is 1. The van der Waals surface area contributed by atoms with Gasteiger partial charge >= 0.3 is 0 Å². The number of likely N-dealkylation sites (N-methyl/N-ethyl adjacent to an activating group) is 1. The van der Waals surface area contributed by atoms with Gasteiger partial charge in [0.2, 0.25) is 0 Å². The molecule has 1 saturated heterocycles. The first-order chi connectivity index (χ1) is 6.85. The summed E-state index contributed by atoms with van der Waals surface area (Å²) < 4.78 is 5.78. The molecule has 4 heteroatoms. The molecule has 0 aromatic rings. The summed E-state index contributed by atoms with van der Waals surface area (Å²) in [7, 11) is 0. The third-order valence-electron chi connectivity index (χ3n) is 3.35. The van der Waals surface area contributed by atoms with Gasteiger partial charge in [0.1, 0.15) is 0 Å². The summed E-state index contributed by atoms with van der Waals surface area (Å²) in [6, 6.07) is 0.365. The number of nitrogens with two attached hydrogens (primary N) is 1. The molecule has 0 aromatic carbocycles. The van der Waals surface area contributed by atoms with Crippen LogP contribution < -0.4 is 11.3 Å². The normalized spacial score (nSPS) is 31.7. The van der Waals surface area contributed by atoms with Crippen LogP contribution in [0.3, 0.4) is 0 Å². The van der Waals surface area contributed by atoms with Crippen LogP contribution >= 0.6 is 0 Å². The number of hydrogen-bond donors (Lipinski definition) is 2. The molecule has 4 nitrogen and oxygen atoms in total. The van der Waals surface area contributed by atoms with Gasteiger partial charge in [-0.05, 0) is 25.3 Å². The minimum atomic E-state index is 0.293. The average molecular weight is 199 g/mol. The Bertz CT molecular complexity index is 184. The molecule has 2 aliphatic rings. The zero-order valence-corrected chi connectivity index (χ0v) is 8.91. The lowest BCUT2D eigenvalue weighted by atomic mass is 10.1. The number of hydrogen-bond acceptors (Lipinski definition) is 4. The predicted molar refractivity (Wildman–Crippen MR) is 55.7 cm³/mol. The van der Waals surface area contributed by atoms with Gasteiger partial charge in [-0.1, -0.05) is 6.92 Å². The Morgan fingerprint density at radius 2 is 2.36 bits per heavy atom. The smallest absolute Gasteiger partial charge is 0.0871 e. The highest BCUT2D eigenvalue weighted by Crippen LogP contribution is 2.35. The summed E-state index contributed by atoms with van der Waals surface area (Å²) in [4.78, 5) is 2.43. The van der Waals surface area contributed by atoms with Crippen molar-refractivity contribution in [1.82, 2.24) is 10.3 Å². The molecular weight excluding hydrogens is 178 g/mol. The van der Waals surface area contributed by atoms with Crippen molar-refractivity contribution in [2.45, 2.75) is 31.9 Å². The van der Waals surface area contributed by atoms with Gasteiger partial charge in [-0.25, -0.2) is 0 Å². The van der Waals surface area contributed by atoms with Gasteiger partial charge in [-0.2, -0.15) is 0 Å². The summed E-state index contributed by atoms with van der Waals surface area (Å²) in [5, 5.41) is 0. The first kappa shape index (κ1) is 10.4. The Kier molecular flexibility index (Phi) is 3.38. The molecule has 0 amide bonds. The number of hydrazine groups is 1. The fourth-order valence-corrected chi connectivity index (χ4v) is 2.24. The van der Waals surface area contributed by atoms with Gasteiger partial charge in [-0.15, -0.1) is 0 Å². The van der Waals surface area contributed by atoms with Gasteiger partial charge in [0.25, 0.3) is 0 Å². The van der Waals surface area contributed by atoms with E-state index in [-0.39, 0.29) is 0 Å². The van der Waals surface area contributed by atoms with Gasteiger partial charge in [-0.3, -0.25) is 16.2 Å². The van der Waals surface area contributed by atoms with Crippen LogP contribution in [0.15, 0.2) is 0 Å². The molecule has 1 saturated carbocycles. The number of nitrogens with one attached hydrogen (secondary N) is 1. The van der Waals surface area contributed by atoms with Gasteiger partial charge in [0.05, 0.1) is 18.8 Å². The summed E-state index contributed by atoms with van der Waals surface area (Å²) in [6.45, 7) is 6.26. The zero-order valence-electron chi connectivity index (χ0n) is 8.91.